The highest BCUT2D eigenvalue weighted by molar-refractivity contribution is 6.00. The molecule has 0 saturated heterocycles. The maximum absolute atomic E-state index is 12.2. The van der Waals surface area contributed by atoms with Crippen LogP contribution in [0, 0.1) is 5.92 Å². The monoisotopic (exact) mass is 242 g/mol. The topological polar surface area (TPSA) is 42.0 Å². The Morgan fingerprint density at radius 1 is 1.39 bits per heavy atom. The highest BCUT2D eigenvalue weighted by atomic mass is 16.1. The van der Waals surface area contributed by atoms with E-state index in [1.54, 1.807) is 6.20 Å². The van der Waals surface area contributed by atoms with Gasteiger partial charge in [-0.05, 0) is 18.7 Å². The first kappa shape index (κ1) is 12.7. The average molecular weight is 242 g/mol. The van der Waals surface area contributed by atoms with Crippen LogP contribution in [0.2, 0.25) is 0 Å². The van der Waals surface area contributed by atoms with Gasteiger partial charge < -0.3 is 5.32 Å². The quantitative estimate of drug-likeness (QED) is 0.820. The van der Waals surface area contributed by atoms with Gasteiger partial charge in [0.05, 0.1) is 5.52 Å². The number of Topliss-reactive ketones (excluding diaryl/α,β-unsaturated/α-hetero) is 1. The number of hydrogen-bond acceptors (Lipinski definition) is 3. The van der Waals surface area contributed by atoms with E-state index in [9.17, 15) is 4.79 Å². The predicted molar refractivity (Wildman–Crippen MR) is 73.8 cm³/mol. The zero-order valence-corrected chi connectivity index (χ0v) is 10.8. The molecule has 0 spiro atoms. The molecular formula is C15H18N2O. The number of carbonyl (C=O) groups is 1. The summed E-state index contributed by atoms with van der Waals surface area (Å²) < 4.78 is 0. The molecule has 0 radical (unpaired) electrons. The first-order valence-electron chi connectivity index (χ1n) is 6.32. The van der Waals surface area contributed by atoms with E-state index in [1.165, 1.54) is 0 Å². The first-order valence-corrected chi connectivity index (χ1v) is 6.32. The lowest BCUT2D eigenvalue weighted by atomic mass is 9.98. The summed E-state index contributed by atoms with van der Waals surface area (Å²) in [6.07, 6.45) is 1.75. The molecule has 1 unspecified atom stereocenters. The van der Waals surface area contributed by atoms with Crippen LogP contribution in [0.4, 0.5) is 0 Å². The van der Waals surface area contributed by atoms with Crippen LogP contribution >= 0.6 is 0 Å². The Morgan fingerprint density at radius 2 is 2.22 bits per heavy atom. The minimum atomic E-state index is -0.00823. The third kappa shape index (κ3) is 2.74. The Balaban J connectivity index is 2.22. The van der Waals surface area contributed by atoms with Crippen LogP contribution in [0.1, 0.15) is 24.2 Å². The van der Waals surface area contributed by atoms with E-state index in [0.717, 1.165) is 29.6 Å². The second-order valence-corrected chi connectivity index (χ2v) is 4.48. The minimum absolute atomic E-state index is 0.00823. The summed E-state index contributed by atoms with van der Waals surface area (Å²) >= 11 is 0. The average Bonchev–Trinajstić information content (AvgIpc) is 2.43. The third-order valence-electron chi connectivity index (χ3n) is 3.04. The minimum Gasteiger partial charge on any atom is -0.316 e. The number of nitrogens with one attached hydrogen (secondary N) is 1. The van der Waals surface area contributed by atoms with Crippen LogP contribution < -0.4 is 5.32 Å². The van der Waals surface area contributed by atoms with E-state index in [-0.39, 0.29) is 11.7 Å². The van der Waals surface area contributed by atoms with Gasteiger partial charge >= 0.3 is 0 Å². The predicted octanol–water partition coefficient (Wildman–Crippen LogP) is 2.66. The molecule has 0 aliphatic heterocycles. The van der Waals surface area contributed by atoms with Crippen molar-refractivity contribution in [2.45, 2.75) is 13.8 Å². The maximum Gasteiger partial charge on any atom is 0.167 e. The standard InChI is InChI=1S/C15H18N2O/c1-3-16-10-11(2)15(18)13-7-6-12-5-4-8-17-14(12)9-13/h4-9,11,16H,3,10H2,1-2H3. The lowest BCUT2D eigenvalue weighted by Gasteiger charge is -2.11. The van der Waals surface area contributed by atoms with Crippen LogP contribution in [0.15, 0.2) is 36.5 Å². The molecule has 2 aromatic rings. The van der Waals surface area contributed by atoms with Crippen molar-refractivity contribution < 1.29 is 4.79 Å². The van der Waals surface area contributed by atoms with E-state index in [2.05, 4.69) is 10.3 Å². The summed E-state index contributed by atoms with van der Waals surface area (Å²) in [5, 5.41) is 4.26. The Kier molecular flexibility index (Phi) is 4.05. The molecule has 1 aromatic heterocycles. The highest BCUT2D eigenvalue weighted by Gasteiger charge is 2.14. The van der Waals surface area contributed by atoms with Gasteiger partial charge in [-0.25, -0.2) is 0 Å². The molecule has 3 nitrogen and oxygen atoms in total. The number of nitrogens with zero attached hydrogens (tertiary/aromatic N) is 1. The Morgan fingerprint density at radius 3 is 3.00 bits per heavy atom. The molecule has 0 bridgehead atoms. The molecule has 1 atom stereocenters. The zero-order chi connectivity index (χ0) is 13.0. The molecule has 0 saturated carbocycles. The second kappa shape index (κ2) is 5.74. The molecule has 1 heterocycles. The van der Waals surface area contributed by atoms with Crippen molar-refractivity contribution in [3.63, 3.8) is 0 Å². The van der Waals surface area contributed by atoms with Crippen molar-refractivity contribution in [2.75, 3.05) is 13.1 Å². The second-order valence-electron chi connectivity index (χ2n) is 4.48. The summed E-state index contributed by atoms with van der Waals surface area (Å²) in [7, 11) is 0. The summed E-state index contributed by atoms with van der Waals surface area (Å²) in [6.45, 7) is 5.59. The van der Waals surface area contributed by atoms with Gasteiger partial charge in [-0.15, -0.1) is 0 Å². The van der Waals surface area contributed by atoms with Crippen LogP contribution in [0.5, 0.6) is 0 Å². The van der Waals surface area contributed by atoms with Crippen molar-refractivity contribution >= 4 is 16.7 Å². The lowest BCUT2D eigenvalue weighted by Crippen LogP contribution is -2.26. The zero-order valence-electron chi connectivity index (χ0n) is 10.8. The third-order valence-corrected chi connectivity index (χ3v) is 3.04. The van der Waals surface area contributed by atoms with Gasteiger partial charge in [0.25, 0.3) is 0 Å². The Labute approximate surface area is 107 Å². The molecule has 0 fully saturated rings. The number of ketones is 1. The van der Waals surface area contributed by atoms with Gasteiger partial charge in [0.1, 0.15) is 0 Å². The van der Waals surface area contributed by atoms with Crippen LogP contribution in [0.25, 0.3) is 10.9 Å². The molecule has 1 N–H and O–H groups in total. The SMILES string of the molecule is CCNCC(C)C(=O)c1ccc2cccnc2c1. The van der Waals surface area contributed by atoms with Gasteiger partial charge in [0.15, 0.2) is 5.78 Å². The summed E-state index contributed by atoms with van der Waals surface area (Å²) in [4.78, 5) is 16.5. The van der Waals surface area contributed by atoms with Crippen LogP contribution in [-0.4, -0.2) is 23.9 Å². The van der Waals surface area contributed by atoms with Gasteiger partial charge in [0, 0.05) is 29.6 Å². The molecule has 0 amide bonds. The fourth-order valence-electron chi connectivity index (χ4n) is 1.96. The van der Waals surface area contributed by atoms with Gasteiger partial charge in [0.2, 0.25) is 0 Å². The Hall–Kier alpha value is -1.74. The number of rotatable bonds is 5. The van der Waals surface area contributed by atoms with Crippen molar-refractivity contribution in [1.29, 1.82) is 0 Å². The molecule has 1 aromatic carbocycles. The fraction of sp³-hybridized carbons (Fsp3) is 0.333. The van der Waals surface area contributed by atoms with Crippen molar-refractivity contribution in [3.05, 3.63) is 42.1 Å². The lowest BCUT2D eigenvalue weighted by molar-refractivity contribution is 0.0929. The summed E-state index contributed by atoms with van der Waals surface area (Å²) in [5.74, 6) is 0.162. The Bertz CT molecular complexity index is 551. The molecule has 18 heavy (non-hydrogen) atoms. The van der Waals surface area contributed by atoms with E-state index in [1.807, 2.05) is 44.2 Å². The number of benzene rings is 1. The van der Waals surface area contributed by atoms with E-state index >= 15 is 0 Å². The maximum atomic E-state index is 12.2. The largest absolute Gasteiger partial charge is 0.316 e. The van der Waals surface area contributed by atoms with E-state index in [0.29, 0.717) is 0 Å². The molecule has 94 valence electrons. The van der Waals surface area contributed by atoms with Gasteiger partial charge in [-0.1, -0.05) is 32.0 Å². The summed E-state index contributed by atoms with van der Waals surface area (Å²) in [6, 6.07) is 9.61. The molecule has 0 aliphatic rings. The van der Waals surface area contributed by atoms with Crippen LogP contribution in [-0.2, 0) is 0 Å². The van der Waals surface area contributed by atoms with Gasteiger partial charge in [-0.3, -0.25) is 9.78 Å². The number of pyridine rings is 1. The van der Waals surface area contributed by atoms with E-state index in [4.69, 9.17) is 0 Å². The normalized spacial score (nSPS) is 12.6. The van der Waals surface area contributed by atoms with Crippen molar-refractivity contribution in [2.24, 2.45) is 5.92 Å². The van der Waals surface area contributed by atoms with Crippen molar-refractivity contribution in [3.8, 4) is 0 Å². The number of hydrogen-bond donors (Lipinski definition) is 1. The van der Waals surface area contributed by atoms with Gasteiger partial charge in [-0.2, -0.15) is 0 Å². The summed E-state index contributed by atoms with van der Waals surface area (Å²) in [5.41, 5.74) is 1.62. The molecule has 0 aliphatic carbocycles. The number of fused-ring (bicyclic) bond motifs is 1. The first-order chi connectivity index (χ1) is 8.72. The number of carbonyl (C=O) groups excluding carboxylic acids is 1. The van der Waals surface area contributed by atoms with Crippen molar-refractivity contribution in [1.82, 2.24) is 10.3 Å². The molecular weight excluding hydrogens is 224 g/mol. The highest BCUT2D eigenvalue weighted by Crippen LogP contribution is 2.16. The molecule has 2 rings (SSSR count). The van der Waals surface area contributed by atoms with Crippen LogP contribution in [0.3, 0.4) is 0 Å². The van der Waals surface area contributed by atoms with E-state index < -0.39 is 0 Å². The fourth-order valence-corrected chi connectivity index (χ4v) is 1.96. The smallest absolute Gasteiger partial charge is 0.167 e. The number of aromatic nitrogens is 1. The molecule has 3 heteroatoms.